The minimum absolute atomic E-state index is 0.240. The quantitative estimate of drug-likeness (QED) is 0.201. The number of hydrogen-bond acceptors (Lipinski definition) is 4. The number of nitrogens with one attached hydrogen (secondary N) is 1. The van der Waals surface area contributed by atoms with Crippen molar-refractivity contribution in [2.24, 2.45) is 0 Å². The van der Waals surface area contributed by atoms with Crippen molar-refractivity contribution in [2.45, 2.75) is 20.0 Å². The van der Waals surface area contributed by atoms with E-state index in [1.165, 1.54) is 12.4 Å². The molecule has 7 nitrogen and oxygen atoms in total. The number of fused-ring (bicyclic) bond motifs is 1. The lowest BCUT2D eigenvalue weighted by Gasteiger charge is -2.09. The zero-order chi connectivity index (χ0) is 25.4. The van der Waals surface area contributed by atoms with Crippen LogP contribution in [0.25, 0.3) is 22.2 Å². The van der Waals surface area contributed by atoms with Crippen LogP contribution in [0.2, 0.25) is 0 Å². The van der Waals surface area contributed by atoms with Crippen molar-refractivity contribution < 1.29 is 22.4 Å². The molecule has 0 aliphatic rings. The van der Waals surface area contributed by atoms with Gasteiger partial charge in [-0.1, -0.05) is 18.2 Å². The third-order valence-electron chi connectivity index (χ3n) is 5.63. The molecule has 0 atom stereocenters. The first-order chi connectivity index (χ1) is 17.3. The fraction of sp³-hybridized carbons (Fsp3) is 0.120. The molecule has 182 valence electrons. The van der Waals surface area contributed by atoms with Crippen LogP contribution >= 0.6 is 0 Å². The van der Waals surface area contributed by atoms with E-state index in [1.807, 2.05) is 19.2 Å². The number of benzene rings is 2. The third kappa shape index (κ3) is 4.30. The lowest BCUT2D eigenvalue weighted by atomic mass is 10.0. The number of rotatable bonds is 6. The molecule has 3 aromatic heterocycles. The van der Waals surface area contributed by atoms with E-state index in [4.69, 9.17) is 0 Å². The Morgan fingerprint density at radius 2 is 1.72 bits per heavy atom. The number of carbonyl (C=O) groups excluding carboxylic acids is 1. The van der Waals surface area contributed by atoms with Crippen LogP contribution < -0.4 is 5.32 Å². The topological polar surface area (TPSA) is 77.6 Å². The van der Waals surface area contributed by atoms with Crippen molar-refractivity contribution in [1.82, 2.24) is 24.5 Å². The fourth-order valence-electron chi connectivity index (χ4n) is 3.80. The Morgan fingerprint density at radius 3 is 2.50 bits per heavy atom. The largest absolute Gasteiger partial charge is 0.319 e. The summed E-state index contributed by atoms with van der Waals surface area (Å²) >= 11 is 0. The number of aromatic nitrogens is 5. The molecule has 0 bridgehead atoms. The summed E-state index contributed by atoms with van der Waals surface area (Å²) in [6, 6.07) is 9.11. The van der Waals surface area contributed by atoms with E-state index < -0.39 is 41.3 Å². The minimum Gasteiger partial charge on any atom is -0.319 e. The molecule has 0 unspecified atom stereocenters. The Balaban J connectivity index is 1.43. The molecule has 1 amide bonds. The van der Waals surface area contributed by atoms with Gasteiger partial charge in [0.25, 0.3) is 5.91 Å². The maximum absolute atomic E-state index is 14.0. The van der Waals surface area contributed by atoms with Gasteiger partial charge in [-0.3, -0.25) is 14.2 Å². The second kappa shape index (κ2) is 9.25. The predicted octanol–water partition coefficient (Wildman–Crippen LogP) is 5.17. The van der Waals surface area contributed by atoms with Gasteiger partial charge in [0.15, 0.2) is 17.5 Å². The highest BCUT2D eigenvalue weighted by Crippen LogP contribution is 2.26. The van der Waals surface area contributed by atoms with Gasteiger partial charge in [-0.15, -0.1) is 0 Å². The van der Waals surface area contributed by atoms with Crippen LogP contribution in [0.5, 0.6) is 0 Å². The summed E-state index contributed by atoms with van der Waals surface area (Å²) in [5.74, 6) is -6.71. The summed E-state index contributed by atoms with van der Waals surface area (Å²) in [6.45, 7) is 2.14. The van der Waals surface area contributed by atoms with Crippen LogP contribution in [0, 0.1) is 23.3 Å². The monoisotopic (exact) mass is 494 g/mol. The molecule has 5 rings (SSSR count). The maximum Gasteiger partial charge on any atom is 0.256 e. The van der Waals surface area contributed by atoms with Gasteiger partial charge in [0.1, 0.15) is 5.82 Å². The van der Waals surface area contributed by atoms with Crippen molar-refractivity contribution in [1.29, 1.82) is 0 Å². The van der Waals surface area contributed by atoms with Crippen LogP contribution in [0.3, 0.4) is 0 Å². The summed E-state index contributed by atoms with van der Waals surface area (Å²) in [5, 5.41) is 11.6. The second-order valence-corrected chi connectivity index (χ2v) is 7.98. The Kier molecular flexibility index (Phi) is 5.96. The van der Waals surface area contributed by atoms with Crippen LogP contribution in [-0.2, 0) is 13.1 Å². The summed E-state index contributed by atoms with van der Waals surface area (Å²) in [4.78, 5) is 17.9. The highest BCUT2D eigenvalue weighted by molar-refractivity contribution is 6.13. The molecule has 0 fully saturated rings. The van der Waals surface area contributed by atoms with Crippen molar-refractivity contribution in [2.75, 3.05) is 5.32 Å². The fourth-order valence-corrected chi connectivity index (χ4v) is 3.80. The molecule has 5 aromatic rings. The molecule has 0 saturated heterocycles. The number of carbonyl (C=O) groups is 1. The van der Waals surface area contributed by atoms with Crippen LogP contribution in [0.1, 0.15) is 22.8 Å². The molecule has 36 heavy (non-hydrogen) atoms. The normalized spacial score (nSPS) is 11.2. The molecule has 3 heterocycles. The average Bonchev–Trinajstić information content (AvgIpc) is 3.54. The summed E-state index contributed by atoms with van der Waals surface area (Å²) in [5.41, 5.74) is 1.84. The molecule has 11 heteroatoms. The molecule has 0 saturated carbocycles. The highest BCUT2D eigenvalue weighted by atomic mass is 19.2. The standard InChI is InChI=1S/C25H18F4N6O/c1-2-34-11-14(9-30-34)22-7-17(16-5-3-4-6-21(16)33-22)25(36)32-15-10-31-35(12-15)13-18-19(26)8-20(27)24(29)23(18)28/h3-12H,2,13H2,1H3,(H,32,36). The number of pyridine rings is 1. The van der Waals surface area contributed by atoms with E-state index in [0.717, 1.165) is 10.2 Å². The van der Waals surface area contributed by atoms with Gasteiger partial charge in [0, 0.05) is 41.5 Å². The Hall–Kier alpha value is -4.54. The summed E-state index contributed by atoms with van der Waals surface area (Å²) < 4.78 is 57.6. The molecular formula is C25H18F4N6O. The van der Waals surface area contributed by atoms with Crippen molar-refractivity contribution in [3.8, 4) is 11.3 Å². The summed E-state index contributed by atoms with van der Waals surface area (Å²) in [7, 11) is 0. The van der Waals surface area contributed by atoms with E-state index in [1.54, 1.807) is 35.1 Å². The Labute approximate surface area is 202 Å². The Morgan fingerprint density at radius 1 is 0.944 bits per heavy atom. The van der Waals surface area contributed by atoms with Gasteiger partial charge in [-0.2, -0.15) is 10.2 Å². The van der Waals surface area contributed by atoms with Gasteiger partial charge in [-0.25, -0.2) is 22.5 Å². The number of hydrogen-bond donors (Lipinski definition) is 1. The SMILES string of the molecule is CCn1cc(-c2cc(C(=O)Nc3cnn(Cc4c(F)cc(F)c(F)c4F)c3)c3ccccc3n2)cn1. The predicted molar refractivity (Wildman–Crippen MR) is 124 cm³/mol. The minimum atomic E-state index is -1.77. The first-order valence-corrected chi connectivity index (χ1v) is 10.9. The number of para-hydroxylation sites is 1. The molecule has 0 radical (unpaired) electrons. The van der Waals surface area contributed by atoms with Crippen molar-refractivity contribution >= 4 is 22.5 Å². The van der Waals surface area contributed by atoms with Crippen LogP contribution in [-0.4, -0.2) is 30.5 Å². The zero-order valence-corrected chi connectivity index (χ0v) is 18.8. The smallest absolute Gasteiger partial charge is 0.256 e. The van der Waals surface area contributed by atoms with Gasteiger partial charge >= 0.3 is 0 Å². The van der Waals surface area contributed by atoms with Gasteiger partial charge in [-0.05, 0) is 19.1 Å². The molecule has 2 aromatic carbocycles. The van der Waals surface area contributed by atoms with E-state index >= 15 is 0 Å². The highest BCUT2D eigenvalue weighted by Gasteiger charge is 2.20. The molecule has 1 N–H and O–H groups in total. The van der Waals surface area contributed by atoms with E-state index in [9.17, 15) is 22.4 Å². The third-order valence-corrected chi connectivity index (χ3v) is 5.63. The van der Waals surface area contributed by atoms with Crippen LogP contribution in [0.4, 0.5) is 23.2 Å². The summed E-state index contributed by atoms with van der Waals surface area (Å²) in [6.07, 6.45) is 6.11. The first kappa shape index (κ1) is 23.2. The number of halogens is 4. The van der Waals surface area contributed by atoms with E-state index in [2.05, 4.69) is 20.5 Å². The zero-order valence-electron chi connectivity index (χ0n) is 18.8. The molecular weight excluding hydrogens is 476 g/mol. The maximum atomic E-state index is 14.0. The lowest BCUT2D eigenvalue weighted by Crippen LogP contribution is -2.13. The van der Waals surface area contributed by atoms with Gasteiger partial charge < -0.3 is 5.32 Å². The second-order valence-electron chi connectivity index (χ2n) is 7.98. The number of amides is 1. The molecule has 0 spiro atoms. The average molecular weight is 494 g/mol. The number of aryl methyl sites for hydroxylation is 1. The molecule has 0 aliphatic carbocycles. The van der Waals surface area contributed by atoms with Crippen LogP contribution in [0.15, 0.2) is 61.2 Å². The molecule has 0 aliphatic heterocycles. The van der Waals surface area contributed by atoms with Gasteiger partial charge in [0.2, 0.25) is 0 Å². The van der Waals surface area contributed by atoms with Gasteiger partial charge in [0.05, 0.1) is 41.4 Å². The lowest BCUT2D eigenvalue weighted by molar-refractivity contribution is 0.102. The van der Waals surface area contributed by atoms with Crippen molar-refractivity contribution in [3.05, 3.63) is 95.6 Å². The first-order valence-electron chi connectivity index (χ1n) is 10.9. The van der Waals surface area contributed by atoms with Crippen molar-refractivity contribution in [3.63, 3.8) is 0 Å². The Bertz CT molecular complexity index is 1610. The van der Waals surface area contributed by atoms with E-state index in [-0.39, 0.29) is 11.8 Å². The number of anilines is 1. The number of nitrogens with zero attached hydrogens (tertiary/aromatic N) is 5. The van der Waals surface area contributed by atoms with E-state index in [0.29, 0.717) is 28.7 Å².